The predicted molar refractivity (Wildman–Crippen MR) is 112 cm³/mol. The van der Waals surface area contributed by atoms with Crippen LogP contribution in [0.3, 0.4) is 0 Å². The van der Waals surface area contributed by atoms with Gasteiger partial charge in [0.2, 0.25) is 5.91 Å². The van der Waals surface area contributed by atoms with Crippen LogP contribution >= 0.6 is 0 Å². The Hall–Kier alpha value is -3.34. The second-order valence-corrected chi connectivity index (χ2v) is 6.59. The number of nitrogens with zero attached hydrogens (tertiary/aromatic N) is 3. The van der Waals surface area contributed by atoms with E-state index in [1.807, 2.05) is 85.3 Å². The van der Waals surface area contributed by atoms with E-state index in [1.165, 1.54) is 0 Å². The van der Waals surface area contributed by atoms with E-state index in [-0.39, 0.29) is 5.91 Å². The molecule has 0 atom stereocenters. The van der Waals surface area contributed by atoms with Gasteiger partial charge in [0.15, 0.2) is 0 Å². The lowest BCUT2D eigenvalue weighted by Gasteiger charge is -2.15. The minimum atomic E-state index is -0.0667. The highest BCUT2D eigenvalue weighted by Gasteiger charge is 2.11. The Morgan fingerprint density at radius 2 is 1.71 bits per heavy atom. The zero-order valence-electron chi connectivity index (χ0n) is 16.5. The van der Waals surface area contributed by atoms with Crippen molar-refractivity contribution in [1.29, 1.82) is 0 Å². The van der Waals surface area contributed by atoms with Crippen molar-refractivity contribution in [2.24, 2.45) is 0 Å². The van der Waals surface area contributed by atoms with E-state index in [2.05, 4.69) is 5.10 Å². The zero-order valence-corrected chi connectivity index (χ0v) is 16.5. The molecule has 0 spiro atoms. The van der Waals surface area contributed by atoms with Crippen LogP contribution in [0.2, 0.25) is 0 Å². The van der Waals surface area contributed by atoms with Crippen molar-refractivity contribution in [2.75, 3.05) is 20.2 Å². The first-order chi connectivity index (χ1) is 13.6. The average Bonchev–Trinajstić information content (AvgIpc) is 3.01. The van der Waals surface area contributed by atoms with Crippen LogP contribution in [-0.4, -0.2) is 40.8 Å². The molecule has 28 heavy (non-hydrogen) atoms. The molecule has 0 aliphatic heterocycles. The molecule has 5 heteroatoms. The summed E-state index contributed by atoms with van der Waals surface area (Å²) in [5.74, 6) is 0.737. The smallest absolute Gasteiger partial charge is 0.246 e. The number of hydrogen-bond acceptors (Lipinski definition) is 3. The molecule has 3 aromatic rings. The monoisotopic (exact) mass is 375 g/mol. The van der Waals surface area contributed by atoms with E-state index >= 15 is 0 Å². The molecule has 0 bridgehead atoms. The summed E-state index contributed by atoms with van der Waals surface area (Å²) in [5, 5.41) is 4.61. The third-order valence-corrected chi connectivity index (χ3v) is 4.56. The number of likely N-dealkylation sites (N-methyl/N-ethyl adjacent to an activating group) is 1. The number of benzene rings is 2. The molecule has 0 saturated carbocycles. The average molecular weight is 375 g/mol. The Balaban J connectivity index is 1.61. The van der Waals surface area contributed by atoms with Crippen LogP contribution in [0.5, 0.6) is 5.75 Å². The molecule has 1 heterocycles. The molecule has 1 amide bonds. The van der Waals surface area contributed by atoms with Gasteiger partial charge in [-0.1, -0.05) is 36.4 Å². The van der Waals surface area contributed by atoms with Crippen LogP contribution in [0.25, 0.3) is 11.8 Å². The van der Waals surface area contributed by atoms with Crippen molar-refractivity contribution in [3.05, 3.63) is 83.7 Å². The highest BCUT2D eigenvalue weighted by Crippen LogP contribution is 2.19. The molecule has 2 aromatic carbocycles. The Morgan fingerprint density at radius 3 is 2.39 bits per heavy atom. The quantitative estimate of drug-likeness (QED) is 0.586. The molecular weight excluding hydrogens is 350 g/mol. The number of amides is 1. The molecule has 0 aliphatic carbocycles. The van der Waals surface area contributed by atoms with Crippen molar-refractivity contribution >= 4 is 12.0 Å². The first kappa shape index (κ1) is 19.4. The summed E-state index contributed by atoms with van der Waals surface area (Å²) in [7, 11) is 1.77. The number of aromatic nitrogens is 2. The van der Waals surface area contributed by atoms with Gasteiger partial charge in [-0.05, 0) is 44.2 Å². The normalized spacial score (nSPS) is 11.0. The summed E-state index contributed by atoms with van der Waals surface area (Å²) in [5.41, 5.74) is 3.86. The Kier molecular flexibility index (Phi) is 6.27. The topological polar surface area (TPSA) is 47.4 Å². The summed E-state index contributed by atoms with van der Waals surface area (Å²) in [6.07, 6.45) is 3.43. The third kappa shape index (κ3) is 4.68. The van der Waals surface area contributed by atoms with E-state index < -0.39 is 0 Å². The van der Waals surface area contributed by atoms with Gasteiger partial charge in [-0.15, -0.1) is 0 Å². The molecular formula is C23H25N3O2. The van der Waals surface area contributed by atoms with Gasteiger partial charge in [-0.2, -0.15) is 5.10 Å². The van der Waals surface area contributed by atoms with Gasteiger partial charge in [0, 0.05) is 24.4 Å². The zero-order chi connectivity index (χ0) is 19.9. The van der Waals surface area contributed by atoms with Crippen molar-refractivity contribution in [3.8, 4) is 11.4 Å². The number of rotatable bonds is 7. The lowest BCUT2D eigenvalue weighted by Crippen LogP contribution is -2.29. The Bertz CT molecular complexity index is 947. The highest BCUT2D eigenvalue weighted by atomic mass is 16.5. The summed E-state index contributed by atoms with van der Waals surface area (Å²) < 4.78 is 7.55. The van der Waals surface area contributed by atoms with Crippen molar-refractivity contribution in [1.82, 2.24) is 14.7 Å². The summed E-state index contributed by atoms with van der Waals surface area (Å²) in [4.78, 5) is 14.1. The number of carbonyl (C=O) groups is 1. The van der Waals surface area contributed by atoms with Crippen LogP contribution in [0, 0.1) is 13.8 Å². The molecule has 144 valence electrons. The van der Waals surface area contributed by atoms with E-state index in [9.17, 15) is 4.79 Å². The van der Waals surface area contributed by atoms with Gasteiger partial charge in [0.1, 0.15) is 12.4 Å². The molecule has 0 unspecified atom stereocenters. The fourth-order valence-electron chi connectivity index (χ4n) is 2.93. The maximum atomic E-state index is 12.4. The molecule has 0 aliphatic rings. The first-order valence-electron chi connectivity index (χ1n) is 9.29. The second kappa shape index (κ2) is 9.04. The summed E-state index contributed by atoms with van der Waals surface area (Å²) in [6.45, 7) is 4.92. The largest absolute Gasteiger partial charge is 0.492 e. The fourth-order valence-corrected chi connectivity index (χ4v) is 2.93. The van der Waals surface area contributed by atoms with Gasteiger partial charge in [-0.3, -0.25) is 4.79 Å². The second-order valence-electron chi connectivity index (χ2n) is 6.59. The third-order valence-electron chi connectivity index (χ3n) is 4.56. The van der Waals surface area contributed by atoms with Crippen LogP contribution < -0.4 is 4.74 Å². The number of aryl methyl sites for hydroxylation is 1. The molecule has 0 fully saturated rings. The lowest BCUT2D eigenvalue weighted by atomic mass is 10.2. The summed E-state index contributed by atoms with van der Waals surface area (Å²) in [6, 6.07) is 19.6. The number of carbonyl (C=O) groups excluding carboxylic acids is 1. The van der Waals surface area contributed by atoms with Gasteiger partial charge < -0.3 is 9.64 Å². The van der Waals surface area contributed by atoms with Gasteiger partial charge in [0.05, 0.1) is 17.9 Å². The minimum Gasteiger partial charge on any atom is -0.492 e. The number of hydrogen-bond donors (Lipinski definition) is 0. The molecule has 3 rings (SSSR count). The lowest BCUT2D eigenvalue weighted by molar-refractivity contribution is -0.125. The predicted octanol–water partition coefficient (Wildman–Crippen LogP) is 4.04. The maximum absolute atomic E-state index is 12.4. The molecule has 1 aromatic heterocycles. The summed E-state index contributed by atoms with van der Waals surface area (Å²) >= 11 is 0. The van der Waals surface area contributed by atoms with E-state index in [4.69, 9.17) is 4.74 Å². The van der Waals surface area contributed by atoms with Crippen LogP contribution in [0.4, 0.5) is 0 Å². The Morgan fingerprint density at radius 1 is 1.07 bits per heavy atom. The van der Waals surface area contributed by atoms with Gasteiger partial charge in [-0.25, -0.2) is 4.68 Å². The van der Waals surface area contributed by atoms with Crippen LogP contribution in [0.15, 0.2) is 66.7 Å². The Labute approximate surface area is 165 Å². The van der Waals surface area contributed by atoms with Crippen LogP contribution in [-0.2, 0) is 4.79 Å². The van der Waals surface area contributed by atoms with Crippen molar-refractivity contribution < 1.29 is 9.53 Å². The van der Waals surface area contributed by atoms with E-state index in [1.54, 1.807) is 18.0 Å². The van der Waals surface area contributed by atoms with Gasteiger partial charge in [0.25, 0.3) is 0 Å². The molecule has 0 radical (unpaired) electrons. The molecule has 0 N–H and O–H groups in total. The number of ether oxygens (including phenoxy) is 1. The highest BCUT2D eigenvalue weighted by molar-refractivity contribution is 5.91. The minimum absolute atomic E-state index is 0.0667. The first-order valence-corrected chi connectivity index (χ1v) is 9.29. The SMILES string of the molecule is Cc1nn(-c2ccccc2)c(C)c1/C=C/C(=O)N(C)CCOc1ccccc1. The van der Waals surface area contributed by atoms with Crippen molar-refractivity contribution in [3.63, 3.8) is 0 Å². The maximum Gasteiger partial charge on any atom is 0.246 e. The standard InChI is InChI=1S/C23H25N3O2/c1-18-22(19(2)26(24-18)20-10-6-4-7-11-20)14-15-23(27)25(3)16-17-28-21-12-8-5-9-13-21/h4-15H,16-17H2,1-3H3/b15-14+. The van der Waals surface area contributed by atoms with E-state index in [0.29, 0.717) is 13.2 Å². The fraction of sp³-hybridized carbons (Fsp3) is 0.217. The molecule has 5 nitrogen and oxygen atoms in total. The number of para-hydroxylation sites is 2. The van der Waals surface area contributed by atoms with Crippen LogP contribution in [0.1, 0.15) is 17.0 Å². The van der Waals surface area contributed by atoms with E-state index in [0.717, 1.165) is 28.4 Å². The van der Waals surface area contributed by atoms with Gasteiger partial charge >= 0.3 is 0 Å². The van der Waals surface area contributed by atoms with Crippen molar-refractivity contribution in [2.45, 2.75) is 13.8 Å². The molecule has 0 saturated heterocycles.